The molecule has 1 aliphatic rings. The van der Waals surface area contributed by atoms with Crippen LogP contribution in [0.25, 0.3) is 0 Å². The van der Waals surface area contributed by atoms with Crippen LogP contribution in [-0.2, 0) is 0 Å². The topological polar surface area (TPSA) is 79.5 Å². The Labute approximate surface area is 99.0 Å². The van der Waals surface area contributed by atoms with Gasteiger partial charge in [0.15, 0.2) is 0 Å². The van der Waals surface area contributed by atoms with Crippen LogP contribution in [0.3, 0.4) is 0 Å². The fourth-order valence-corrected chi connectivity index (χ4v) is 2.26. The minimum atomic E-state index is -0.447. The van der Waals surface area contributed by atoms with E-state index in [4.69, 9.17) is 0 Å². The maximum atomic E-state index is 10.6. The maximum absolute atomic E-state index is 10.6. The maximum Gasteiger partial charge on any atom is 0.287 e. The predicted octanol–water partition coefficient (Wildman–Crippen LogP) is 1.26. The molecular weight excluding hydrogens is 222 g/mol. The van der Waals surface area contributed by atoms with E-state index in [1.54, 1.807) is 0 Å². The molecule has 1 unspecified atom stereocenters. The molecule has 1 atom stereocenters. The van der Waals surface area contributed by atoms with Gasteiger partial charge in [0.1, 0.15) is 12.0 Å². The highest BCUT2D eigenvalue weighted by Crippen LogP contribution is 2.28. The summed E-state index contributed by atoms with van der Waals surface area (Å²) in [7, 11) is 0. The van der Waals surface area contributed by atoms with Crippen LogP contribution in [0.4, 0.5) is 11.5 Å². The van der Waals surface area contributed by atoms with E-state index in [2.05, 4.69) is 4.98 Å². The van der Waals surface area contributed by atoms with E-state index in [1.807, 2.05) is 11.8 Å². The van der Waals surface area contributed by atoms with Crippen molar-refractivity contribution in [2.75, 3.05) is 18.1 Å². The van der Waals surface area contributed by atoms with Crippen LogP contribution in [-0.4, -0.2) is 34.2 Å². The lowest BCUT2D eigenvalue weighted by molar-refractivity contribution is -0.385. The van der Waals surface area contributed by atoms with Crippen molar-refractivity contribution in [3.8, 4) is 0 Å². The van der Waals surface area contributed by atoms with Gasteiger partial charge in [0, 0.05) is 12.6 Å². The van der Waals surface area contributed by atoms with Crippen molar-refractivity contribution in [1.82, 2.24) is 4.98 Å². The van der Waals surface area contributed by atoms with Gasteiger partial charge in [0.05, 0.1) is 17.6 Å². The van der Waals surface area contributed by atoms with Gasteiger partial charge in [-0.3, -0.25) is 10.1 Å². The van der Waals surface area contributed by atoms with Crippen molar-refractivity contribution in [3.63, 3.8) is 0 Å². The van der Waals surface area contributed by atoms with Gasteiger partial charge < -0.3 is 10.0 Å². The standard InChI is InChI=1S/C11H15N3O3/c1-8-5-10(14(16)17)6-12-11(8)13-4-2-3-9(13)7-15/h5-6,9,15H,2-4,7H2,1H3. The Balaban J connectivity index is 2.30. The van der Waals surface area contributed by atoms with Crippen LogP contribution < -0.4 is 4.90 Å². The predicted molar refractivity (Wildman–Crippen MR) is 63.1 cm³/mol. The van der Waals surface area contributed by atoms with Crippen molar-refractivity contribution in [2.24, 2.45) is 0 Å². The number of aromatic nitrogens is 1. The fraction of sp³-hybridized carbons (Fsp3) is 0.545. The Bertz CT molecular complexity index is 436. The zero-order valence-electron chi connectivity index (χ0n) is 9.67. The van der Waals surface area contributed by atoms with E-state index in [-0.39, 0.29) is 18.3 Å². The van der Waals surface area contributed by atoms with E-state index < -0.39 is 4.92 Å². The van der Waals surface area contributed by atoms with Crippen molar-refractivity contribution in [1.29, 1.82) is 0 Å². The molecule has 92 valence electrons. The van der Waals surface area contributed by atoms with Crippen LogP contribution >= 0.6 is 0 Å². The minimum absolute atomic E-state index is 0.00555. The van der Waals surface area contributed by atoms with E-state index in [0.717, 1.165) is 30.8 Å². The number of nitrogens with zero attached hydrogens (tertiary/aromatic N) is 3. The molecule has 1 aromatic heterocycles. The van der Waals surface area contributed by atoms with E-state index in [9.17, 15) is 15.2 Å². The molecule has 6 heteroatoms. The molecule has 0 radical (unpaired) electrons. The largest absolute Gasteiger partial charge is 0.394 e. The molecule has 0 saturated carbocycles. The molecule has 2 rings (SSSR count). The molecule has 1 N–H and O–H groups in total. The van der Waals surface area contributed by atoms with Gasteiger partial charge in [-0.15, -0.1) is 0 Å². The van der Waals surface area contributed by atoms with Crippen molar-refractivity contribution >= 4 is 11.5 Å². The van der Waals surface area contributed by atoms with E-state index in [0.29, 0.717) is 0 Å². The normalized spacial score (nSPS) is 19.6. The SMILES string of the molecule is Cc1cc([N+](=O)[O-])cnc1N1CCCC1CO. The minimum Gasteiger partial charge on any atom is -0.394 e. The smallest absolute Gasteiger partial charge is 0.287 e. The molecule has 0 aliphatic carbocycles. The van der Waals surface area contributed by atoms with E-state index in [1.165, 1.54) is 12.3 Å². The molecule has 1 aromatic rings. The summed E-state index contributed by atoms with van der Waals surface area (Å²) >= 11 is 0. The lowest BCUT2D eigenvalue weighted by atomic mass is 10.2. The first-order valence-corrected chi connectivity index (χ1v) is 5.62. The zero-order chi connectivity index (χ0) is 12.4. The number of aliphatic hydroxyl groups excluding tert-OH is 1. The molecule has 0 aromatic carbocycles. The van der Waals surface area contributed by atoms with Crippen LogP contribution in [0, 0.1) is 17.0 Å². The third-order valence-corrected chi connectivity index (χ3v) is 3.11. The molecule has 1 saturated heterocycles. The number of hydrogen-bond donors (Lipinski definition) is 1. The Kier molecular flexibility index (Phi) is 3.23. The average Bonchev–Trinajstić information content (AvgIpc) is 2.76. The Hall–Kier alpha value is -1.69. The Morgan fingerprint density at radius 1 is 1.71 bits per heavy atom. The Morgan fingerprint density at radius 2 is 2.47 bits per heavy atom. The van der Waals surface area contributed by atoms with Crippen molar-refractivity contribution in [3.05, 3.63) is 27.9 Å². The number of anilines is 1. The molecular formula is C11H15N3O3. The number of nitro groups is 1. The monoisotopic (exact) mass is 237 g/mol. The van der Waals surface area contributed by atoms with Gasteiger partial charge in [-0.1, -0.05) is 0 Å². The molecule has 6 nitrogen and oxygen atoms in total. The zero-order valence-corrected chi connectivity index (χ0v) is 9.67. The molecule has 1 fully saturated rings. The molecule has 17 heavy (non-hydrogen) atoms. The van der Waals surface area contributed by atoms with Gasteiger partial charge in [-0.2, -0.15) is 0 Å². The summed E-state index contributed by atoms with van der Waals surface area (Å²) in [5.74, 6) is 0.743. The number of aliphatic hydroxyl groups is 1. The third-order valence-electron chi connectivity index (χ3n) is 3.11. The first-order chi connectivity index (χ1) is 8.13. The molecule has 2 heterocycles. The average molecular weight is 237 g/mol. The quantitative estimate of drug-likeness (QED) is 0.632. The second-order valence-corrected chi connectivity index (χ2v) is 4.26. The van der Waals surface area contributed by atoms with Gasteiger partial charge in [0.2, 0.25) is 0 Å². The molecule has 0 spiro atoms. The molecule has 0 bridgehead atoms. The highest BCUT2D eigenvalue weighted by Gasteiger charge is 2.26. The summed E-state index contributed by atoms with van der Waals surface area (Å²) in [5.41, 5.74) is 0.783. The number of aryl methyl sites for hydroxylation is 1. The van der Waals surface area contributed by atoms with Crippen LogP contribution in [0.5, 0.6) is 0 Å². The van der Waals surface area contributed by atoms with Crippen LogP contribution in [0.15, 0.2) is 12.3 Å². The van der Waals surface area contributed by atoms with Crippen molar-refractivity contribution in [2.45, 2.75) is 25.8 Å². The summed E-state index contributed by atoms with van der Waals surface area (Å²) in [6.45, 7) is 2.75. The number of rotatable bonds is 3. The third kappa shape index (κ3) is 2.21. The second kappa shape index (κ2) is 4.67. The van der Waals surface area contributed by atoms with Gasteiger partial charge in [-0.25, -0.2) is 4.98 Å². The molecule has 0 amide bonds. The summed E-state index contributed by atoms with van der Waals surface area (Å²) in [6.07, 6.45) is 3.23. The fourth-order valence-electron chi connectivity index (χ4n) is 2.26. The lowest BCUT2D eigenvalue weighted by Gasteiger charge is -2.25. The van der Waals surface area contributed by atoms with Crippen LogP contribution in [0.2, 0.25) is 0 Å². The highest BCUT2D eigenvalue weighted by atomic mass is 16.6. The number of pyridine rings is 1. The summed E-state index contributed by atoms with van der Waals surface area (Å²) in [4.78, 5) is 16.4. The highest BCUT2D eigenvalue weighted by molar-refractivity contribution is 5.51. The Morgan fingerprint density at radius 3 is 3.06 bits per heavy atom. The summed E-state index contributed by atoms with van der Waals surface area (Å²) in [5, 5.41) is 19.9. The van der Waals surface area contributed by atoms with Gasteiger partial charge in [-0.05, 0) is 25.3 Å². The van der Waals surface area contributed by atoms with E-state index >= 15 is 0 Å². The summed E-state index contributed by atoms with van der Waals surface area (Å²) in [6, 6.07) is 1.61. The molecule has 1 aliphatic heterocycles. The van der Waals surface area contributed by atoms with Gasteiger partial charge >= 0.3 is 0 Å². The summed E-state index contributed by atoms with van der Waals surface area (Å²) < 4.78 is 0. The second-order valence-electron chi connectivity index (χ2n) is 4.26. The van der Waals surface area contributed by atoms with Crippen molar-refractivity contribution < 1.29 is 10.0 Å². The lowest BCUT2D eigenvalue weighted by Crippen LogP contribution is -2.33. The first-order valence-electron chi connectivity index (χ1n) is 5.62. The number of hydrogen-bond acceptors (Lipinski definition) is 5. The van der Waals surface area contributed by atoms with Crippen LogP contribution in [0.1, 0.15) is 18.4 Å². The van der Waals surface area contributed by atoms with Gasteiger partial charge in [0.25, 0.3) is 5.69 Å². The first kappa shape index (κ1) is 11.8.